The van der Waals surface area contributed by atoms with Gasteiger partial charge in [0.05, 0.1) is 11.1 Å². The third-order valence-corrected chi connectivity index (χ3v) is 4.91. The summed E-state index contributed by atoms with van der Waals surface area (Å²) < 4.78 is 14.9. The smallest absolute Gasteiger partial charge is 0.315 e. The molecule has 2 N–H and O–H groups in total. The van der Waals surface area contributed by atoms with E-state index in [2.05, 4.69) is 10.6 Å². The summed E-state index contributed by atoms with van der Waals surface area (Å²) in [6, 6.07) is 11.0. The van der Waals surface area contributed by atoms with Crippen molar-refractivity contribution in [2.45, 2.75) is 33.0 Å². The van der Waals surface area contributed by atoms with Crippen LogP contribution in [-0.4, -0.2) is 10.6 Å². The average Bonchev–Trinajstić information content (AvgIpc) is 2.69. The van der Waals surface area contributed by atoms with Crippen LogP contribution in [0.3, 0.4) is 0 Å². The molecule has 0 aliphatic rings. The predicted octanol–water partition coefficient (Wildman–Crippen LogP) is 4.37. The quantitative estimate of drug-likeness (QED) is 0.666. The fourth-order valence-corrected chi connectivity index (χ4v) is 3.31. The van der Waals surface area contributed by atoms with Crippen LogP contribution in [-0.2, 0) is 13.1 Å². The van der Waals surface area contributed by atoms with Crippen LogP contribution in [0.25, 0.3) is 10.8 Å². The highest BCUT2D eigenvalue weighted by molar-refractivity contribution is 6.30. The van der Waals surface area contributed by atoms with Crippen LogP contribution in [0, 0.1) is 5.82 Å². The molecule has 1 heterocycles. The van der Waals surface area contributed by atoms with Crippen molar-refractivity contribution in [1.29, 1.82) is 0 Å². The van der Waals surface area contributed by atoms with Crippen molar-refractivity contribution in [2.75, 3.05) is 0 Å². The molecule has 5 nitrogen and oxygen atoms in total. The number of hydrogen-bond acceptors (Lipinski definition) is 2. The van der Waals surface area contributed by atoms with Crippen LogP contribution in [0.1, 0.15) is 31.0 Å². The van der Waals surface area contributed by atoms with Crippen LogP contribution in [0.5, 0.6) is 0 Å². The first-order chi connectivity index (χ1) is 13.4. The predicted molar refractivity (Wildman–Crippen MR) is 109 cm³/mol. The molecule has 0 fully saturated rings. The molecule has 2 aromatic carbocycles. The highest BCUT2D eigenvalue weighted by Gasteiger charge is 2.15. The van der Waals surface area contributed by atoms with Gasteiger partial charge in [-0.05, 0) is 48.6 Å². The Hall–Kier alpha value is -2.86. The summed E-state index contributed by atoms with van der Waals surface area (Å²) >= 11 is 5.76. The molecule has 2 amide bonds. The van der Waals surface area contributed by atoms with E-state index in [1.807, 2.05) is 32.0 Å². The molecular weight excluding hydrogens is 381 g/mol. The minimum absolute atomic E-state index is 0.0152. The van der Waals surface area contributed by atoms with Gasteiger partial charge in [0.1, 0.15) is 5.82 Å². The molecule has 0 saturated heterocycles. The lowest BCUT2D eigenvalue weighted by molar-refractivity contribution is 0.237. The number of pyridine rings is 1. The Morgan fingerprint density at radius 2 is 1.93 bits per heavy atom. The van der Waals surface area contributed by atoms with Crippen molar-refractivity contribution in [1.82, 2.24) is 15.2 Å². The summed E-state index contributed by atoms with van der Waals surface area (Å²) in [6.45, 7) is 4.52. The number of aromatic nitrogens is 1. The van der Waals surface area contributed by atoms with Gasteiger partial charge in [-0.1, -0.05) is 35.9 Å². The monoisotopic (exact) mass is 401 g/mol. The van der Waals surface area contributed by atoms with E-state index >= 15 is 0 Å². The highest BCUT2D eigenvalue weighted by atomic mass is 35.5. The molecule has 0 aliphatic carbocycles. The van der Waals surface area contributed by atoms with Crippen LogP contribution in [0.4, 0.5) is 9.18 Å². The van der Waals surface area contributed by atoms with Crippen LogP contribution in [0.2, 0.25) is 5.02 Å². The number of aryl methyl sites for hydroxylation is 1. The van der Waals surface area contributed by atoms with Crippen molar-refractivity contribution < 1.29 is 9.18 Å². The Bertz CT molecular complexity index is 1080. The zero-order valence-electron chi connectivity index (χ0n) is 15.6. The molecule has 3 rings (SSSR count). The number of halogens is 2. The minimum atomic E-state index is -0.499. The minimum Gasteiger partial charge on any atom is -0.334 e. The molecule has 0 unspecified atom stereocenters. The van der Waals surface area contributed by atoms with Crippen LogP contribution in [0.15, 0.2) is 53.5 Å². The van der Waals surface area contributed by atoms with Crippen molar-refractivity contribution >= 4 is 28.4 Å². The lowest BCUT2D eigenvalue weighted by atomic mass is 10.0. The Labute approximate surface area is 167 Å². The molecule has 146 valence electrons. The van der Waals surface area contributed by atoms with E-state index in [0.717, 1.165) is 10.9 Å². The van der Waals surface area contributed by atoms with Crippen LogP contribution < -0.4 is 16.2 Å². The number of amides is 2. The third-order valence-electron chi connectivity index (χ3n) is 4.62. The molecule has 1 atom stereocenters. The van der Waals surface area contributed by atoms with Gasteiger partial charge in [0.25, 0.3) is 5.56 Å². The largest absolute Gasteiger partial charge is 0.334 e. The topological polar surface area (TPSA) is 63.1 Å². The fourth-order valence-electron chi connectivity index (χ4n) is 3.11. The second kappa shape index (κ2) is 8.44. The van der Waals surface area contributed by atoms with Crippen molar-refractivity contribution in [3.05, 3.63) is 81.0 Å². The summed E-state index contributed by atoms with van der Waals surface area (Å²) in [5, 5.41) is 7.07. The van der Waals surface area contributed by atoms with Crippen LogP contribution >= 0.6 is 11.6 Å². The summed E-state index contributed by atoms with van der Waals surface area (Å²) in [5.74, 6) is -0.499. The number of carbonyl (C=O) groups excluding carboxylic acids is 1. The number of carbonyl (C=O) groups is 1. The molecule has 7 heteroatoms. The molecule has 0 aliphatic heterocycles. The Morgan fingerprint density at radius 3 is 2.61 bits per heavy atom. The van der Waals surface area contributed by atoms with Gasteiger partial charge in [-0.3, -0.25) is 4.79 Å². The van der Waals surface area contributed by atoms with Crippen molar-refractivity contribution in [2.24, 2.45) is 0 Å². The van der Waals surface area contributed by atoms with Gasteiger partial charge in [0.2, 0.25) is 0 Å². The Kier molecular flexibility index (Phi) is 5.99. The van der Waals surface area contributed by atoms with E-state index in [0.29, 0.717) is 17.5 Å². The highest BCUT2D eigenvalue weighted by Crippen LogP contribution is 2.22. The van der Waals surface area contributed by atoms with Gasteiger partial charge in [0.15, 0.2) is 0 Å². The molecule has 0 bridgehead atoms. The second-order valence-electron chi connectivity index (χ2n) is 6.52. The number of hydrogen-bond donors (Lipinski definition) is 2. The standard InChI is InChI=1S/C21H21ClFN3O2/c1-3-26-12-17(15-6-4-5-7-16(15)20(26)27)13(2)25-21(28)24-11-14-8-9-19(23)18(22)10-14/h4-10,12-13H,3,11H2,1-2H3,(H2,24,25,28)/t13-/m1/s1. The number of benzene rings is 2. The van der Waals surface area contributed by atoms with Gasteiger partial charge in [0, 0.05) is 24.7 Å². The average molecular weight is 402 g/mol. The number of fused-ring (bicyclic) bond motifs is 1. The van der Waals surface area contributed by atoms with E-state index in [1.165, 1.54) is 12.1 Å². The van der Waals surface area contributed by atoms with Gasteiger partial charge in [-0.15, -0.1) is 0 Å². The van der Waals surface area contributed by atoms with E-state index in [4.69, 9.17) is 11.6 Å². The van der Waals surface area contributed by atoms with Gasteiger partial charge >= 0.3 is 6.03 Å². The molecule has 3 aromatic rings. The first-order valence-electron chi connectivity index (χ1n) is 9.01. The molecular formula is C21H21ClFN3O2. The summed E-state index contributed by atoms with van der Waals surface area (Å²) in [7, 11) is 0. The number of nitrogens with one attached hydrogen (secondary N) is 2. The van der Waals surface area contributed by atoms with Gasteiger partial charge in [-0.25, -0.2) is 9.18 Å². The number of nitrogens with zero attached hydrogens (tertiary/aromatic N) is 1. The lowest BCUT2D eigenvalue weighted by Crippen LogP contribution is -2.37. The van der Waals surface area contributed by atoms with E-state index < -0.39 is 5.82 Å². The second-order valence-corrected chi connectivity index (χ2v) is 6.93. The maximum absolute atomic E-state index is 13.2. The number of urea groups is 1. The summed E-state index contributed by atoms with van der Waals surface area (Å²) in [6.07, 6.45) is 1.79. The normalized spacial score (nSPS) is 12.0. The molecule has 0 saturated carbocycles. The summed E-state index contributed by atoms with van der Waals surface area (Å²) in [4.78, 5) is 24.8. The van der Waals surface area contributed by atoms with Gasteiger partial charge < -0.3 is 15.2 Å². The fraction of sp³-hybridized carbons (Fsp3) is 0.238. The third kappa shape index (κ3) is 4.17. The summed E-state index contributed by atoms with van der Waals surface area (Å²) in [5.41, 5.74) is 1.50. The molecule has 28 heavy (non-hydrogen) atoms. The van der Waals surface area contributed by atoms with E-state index in [9.17, 15) is 14.0 Å². The van der Waals surface area contributed by atoms with Crippen molar-refractivity contribution in [3.63, 3.8) is 0 Å². The van der Waals surface area contributed by atoms with Crippen molar-refractivity contribution in [3.8, 4) is 0 Å². The molecule has 0 spiro atoms. The molecule has 0 radical (unpaired) electrons. The van der Waals surface area contributed by atoms with Gasteiger partial charge in [-0.2, -0.15) is 0 Å². The molecule has 1 aromatic heterocycles. The van der Waals surface area contributed by atoms with E-state index in [-0.39, 0.29) is 29.2 Å². The Balaban J connectivity index is 1.76. The zero-order valence-corrected chi connectivity index (χ0v) is 16.4. The first kappa shape index (κ1) is 19.9. The zero-order chi connectivity index (χ0) is 20.3. The van der Waals surface area contributed by atoms with E-state index in [1.54, 1.807) is 22.9 Å². The lowest BCUT2D eigenvalue weighted by Gasteiger charge is -2.19. The maximum Gasteiger partial charge on any atom is 0.315 e. The first-order valence-corrected chi connectivity index (χ1v) is 9.39. The Morgan fingerprint density at radius 1 is 1.21 bits per heavy atom. The maximum atomic E-state index is 13.2. The SMILES string of the molecule is CCn1cc([C@@H](C)NC(=O)NCc2ccc(F)c(Cl)c2)c2ccccc2c1=O. The number of rotatable bonds is 5.